The van der Waals surface area contributed by atoms with E-state index < -0.39 is 59.0 Å². The minimum absolute atomic E-state index is 0.00491. The highest BCUT2D eigenvalue weighted by molar-refractivity contribution is 5.92. The number of fused-ring (bicyclic) bond motifs is 5. The molecular weight excluding hydrogens is 594 g/mol. The van der Waals surface area contributed by atoms with Crippen LogP contribution in [0.25, 0.3) is 0 Å². The molecule has 3 saturated carbocycles. The predicted octanol–water partition coefficient (Wildman–Crippen LogP) is 3.28. The summed E-state index contributed by atoms with van der Waals surface area (Å²) in [5, 5.41) is 35.6. The molecule has 11 heteroatoms. The first-order valence-electron chi connectivity index (χ1n) is 17.0. The molecule has 0 aromatic carbocycles. The van der Waals surface area contributed by atoms with Gasteiger partial charge >= 0.3 is 11.9 Å². The molecule has 1 aliphatic heterocycles. The van der Waals surface area contributed by atoms with Crippen molar-refractivity contribution in [3.8, 4) is 0 Å². The average Bonchev–Trinajstić information content (AvgIpc) is 3.24. The van der Waals surface area contributed by atoms with Crippen molar-refractivity contribution in [2.75, 3.05) is 13.2 Å². The Labute approximate surface area is 270 Å². The molecule has 5 rings (SSSR count). The van der Waals surface area contributed by atoms with Crippen LogP contribution < -0.4 is 5.32 Å². The lowest BCUT2D eigenvalue weighted by molar-refractivity contribution is -0.184. The van der Waals surface area contributed by atoms with Crippen LogP contribution in [0.15, 0.2) is 11.6 Å². The van der Waals surface area contributed by atoms with E-state index in [2.05, 4.69) is 12.2 Å². The third-order valence-electron chi connectivity index (χ3n) is 12.5. The lowest BCUT2D eigenvalue weighted by atomic mass is 9.45. The van der Waals surface area contributed by atoms with Gasteiger partial charge in [-0.15, -0.1) is 0 Å². The maximum atomic E-state index is 13.5. The van der Waals surface area contributed by atoms with Crippen molar-refractivity contribution < 1.29 is 48.8 Å². The number of nitrogens with one attached hydrogen (secondary N) is 1. The van der Waals surface area contributed by atoms with Gasteiger partial charge in [0.05, 0.1) is 24.5 Å². The van der Waals surface area contributed by atoms with E-state index in [4.69, 9.17) is 9.47 Å². The number of aliphatic carboxylic acids is 1. The number of allylic oxidation sites excluding steroid dienone is 1. The lowest BCUT2D eigenvalue weighted by Gasteiger charge is -2.60. The fraction of sp³-hybridized carbons (Fsp3) is 0.800. The van der Waals surface area contributed by atoms with E-state index in [1.54, 1.807) is 6.08 Å². The number of ether oxygens (including phenoxy) is 2. The number of ketones is 2. The smallest absolute Gasteiger partial charge is 0.306 e. The van der Waals surface area contributed by atoms with Gasteiger partial charge in [-0.05, 0) is 100 Å². The number of carbonyl (C=O) groups excluding carboxylic acids is 4. The summed E-state index contributed by atoms with van der Waals surface area (Å²) in [4.78, 5) is 62.5. The molecule has 0 spiro atoms. The van der Waals surface area contributed by atoms with Crippen LogP contribution >= 0.6 is 0 Å². The fourth-order valence-electron chi connectivity index (χ4n) is 10.1. The first kappa shape index (κ1) is 34.7. The first-order chi connectivity index (χ1) is 21.5. The van der Waals surface area contributed by atoms with E-state index in [1.807, 2.05) is 20.8 Å². The highest BCUT2D eigenvalue weighted by Gasteiger charge is 2.68. The number of carboxylic acid groups (broad SMARTS) is 1. The largest absolute Gasteiger partial charge is 0.481 e. The van der Waals surface area contributed by atoms with E-state index in [1.165, 1.54) is 0 Å². The van der Waals surface area contributed by atoms with E-state index in [0.29, 0.717) is 38.7 Å². The summed E-state index contributed by atoms with van der Waals surface area (Å²) in [5.74, 6) is -2.75. The number of carboxylic acids is 1. The molecule has 0 radical (unpaired) electrons. The average molecular weight is 646 g/mol. The molecular formula is C35H51NO10. The molecule has 4 N–H and O–H groups in total. The molecule has 5 aliphatic rings. The standard InChI is InChI=1S/C35H51NO10/c1-32(2)17-20(11-14-46-32)25(16-29(41)42)36-28(40)7-8-30(43)45-19-27(39)35(44)13-10-24-23-6-5-21-15-22(37)9-12-33(21,3)31(23)26(38)18-34(24,35)4/h15,20,23-26,31,38,44H,5-14,16-19H2,1-4H3,(H,36,40)(H,41,42)/t20-,23-,24-,25+,26+,31-,33+,34+,35+/m1/s1. The van der Waals surface area contributed by atoms with Crippen LogP contribution in [0.2, 0.25) is 0 Å². The normalized spacial score (nSPS) is 38.8. The van der Waals surface area contributed by atoms with Gasteiger partial charge in [0, 0.05) is 30.9 Å². The van der Waals surface area contributed by atoms with Gasteiger partial charge in [0.15, 0.2) is 12.4 Å². The van der Waals surface area contributed by atoms with Gasteiger partial charge in [0.25, 0.3) is 0 Å². The number of rotatable bonds is 10. The molecule has 0 unspecified atom stereocenters. The van der Waals surface area contributed by atoms with Crippen molar-refractivity contribution in [3.63, 3.8) is 0 Å². The molecule has 46 heavy (non-hydrogen) atoms. The van der Waals surface area contributed by atoms with Crippen LogP contribution in [0.4, 0.5) is 0 Å². The summed E-state index contributed by atoms with van der Waals surface area (Å²) in [6.45, 7) is 7.72. The second-order valence-electron chi connectivity index (χ2n) is 15.7. The van der Waals surface area contributed by atoms with Gasteiger partial charge in [-0.3, -0.25) is 24.0 Å². The maximum absolute atomic E-state index is 13.5. The Kier molecular flexibility index (Phi) is 9.63. The molecule has 1 saturated heterocycles. The Hall–Kier alpha value is -2.63. The number of hydrogen-bond acceptors (Lipinski definition) is 9. The van der Waals surface area contributed by atoms with Crippen molar-refractivity contribution in [2.24, 2.45) is 34.5 Å². The topological polar surface area (TPSA) is 177 Å². The third-order valence-corrected chi connectivity index (χ3v) is 12.5. The zero-order valence-electron chi connectivity index (χ0n) is 27.6. The van der Waals surface area contributed by atoms with Crippen molar-refractivity contribution in [2.45, 2.75) is 128 Å². The van der Waals surface area contributed by atoms with E-state index in [0.717, 1.165) is 18.4 Å². The Morgan fingerprint density at radius 3 is 2.48 bits per heavy atom. The van der Waals surface area contributed by atoms with Crippen LogP contribution in [-0.2, 0) is 33.4 Å². The summed E-state index contributed by atoms with van der Waals surface area (Å²) in [7, 11) is 0. The van der Waals surface area contributed by atoms with Gasteiger partial charge in [-0.1, -0.05) is 19.4 Å². The summed E-state index contributed by atoms with van der Waals surface area (Å²) < 4.78 is 11.0. The molecule has 4 fully saturated rings. The van der Waals surface area contributed by atoms with Crippen LogP contribution in [0.3, 0.4) is 0 Å². The molecule has 0 bridgehead atoms. The van der Waals surface area contributed by atoms with Gasteiger partial charge in [-0.25, -0.2) is 0 Å². The molecule has 11 nitrogen and oxygen atoms in total. The number of amides is 1. The molecule has 256 valence electrons. The number of carbonyl (C=O) groups is 5. The molecule has 1 amide bonds. The minimum Gasteiger partial charge on any atom is -0.481 e. The van der Waals surface area contributed by atoms with Crippen LogP contribution in [-0.4, -0.2) is 81.3 Å². The van der Waals surface area contributed by atoms with Crippen LogP contribution in [0.5, 0.6) is 0 Å². The number of esters is 1. The van der Waals surface area contributed by atoms with E-state index in [-0.39, 0.29) is 67.0 Å². The Morgan fingerprint density at radius 1 is 1.04 bits per heavy atom. The fourth-order valence-corrected chi connectivity index (χ4v) is 10.1. The second kappa shape index (κ2) is 12.8. The van der Waals surface area contributed by atoms with Crippen molar-refractivity contribution in [1.29, 1.82) is 0 Å². The minimum atomic E-state index is -1.76. The number of aliphatic hydroxyl groups excluding tert-OH is 1. The van der Waals surface area contributed by atoms with Crippen molar-refractivity contribution in [3.05, 3.63) is 11.6 Å². The van der Waals surface area contributed by atoms with Gasteiger partial charge in [0.2, 0.25) is 11.7 Å². The molecule has 9 atom stereocenters. The number of hydrogen-bond donors (Lipinski definition) is 4. The Bertz CT molecular complexity index is 1290. The van der Waals surface area contributed by atoms with Crippen LogP contribution in [0, 0.1) is 34.5 Å². The summed E-state index contributed by atoms with van der Waals surface area (Å²) in [6, 6.07) is -0.600. The number of Topliss-reactive ketones (excluding diaryl/α,β-unsaturated/α-hetero) is 1. The van der Waals surface area contributed by atoms with Gasteiger partial charge < -0.3 is 30.1 Å². The Morgan fingerprint density at radius 2 is 1.78 bits per heavy atom. The molecule has 0 aromatic heterocycles. The lowest BCUT2D eigenvalue weighted by Crippen LogP contribution is -2.62. The quantitative estimate of drug-likeness (QED) is 0.258. The van der Waals surface area contributed by atoms with E-state index in [9.17, 15) is 39.3 Å². The van der Waals surface area contributed by atoms with Gasteiger partial charge in [0.1, 0.15) is 5.60 Å². The zero-order chi connectivity index (χ0) is 33.7. The zero-order valence-corrected chi connectivity index (χ0v) is 27.6. The predicted molar refractivity (Wildman–Crippen MR) is 165 cm³/mol. The molecule has 4 aliphatic carbocycles. The highest BCUT2D eigenvalue weighted by Crippen LogP contribution is 2.67. The second-order valence-corrected chi connectivity index (χ2v) is 15.7. The molecule has 0 aromatic rings. The summed E-state index contributed by atoms with van der Waals surface area (Å²) in [5.41, 5.74) is -2.24. The highest BCUT2D eigenvalue weighted by atomic mass is 16.5. The Balaban J connectivity index is 1.16. The van der Waals surface area contributed by atoms with Crippen molar-refractivity contribution >= 4 is 29.4 Å². The van der Waals surface area contributed by atoms with Crippen LogP contribution in [0.1, 0.15) is 105 Å². The van der Waals surface area contributed by atoms with E-state index >= 15 is 0 Å². The molecule has 1 heterocycles. The summed E-state index contributed by atoms with van der Waals surface area (Å²) >= 11 is 0. The third kappa shape index (κ3) is 6.43. The monoisotopic (exact) mass is 645 g/mol. The van der Waals surface area contributed by atoms with Crippen molar-refractivity contribution in [1.82, 2.24) is 5.32 Å². The van der Waals surface area contributed by atoms with Gasteiger partial charge in [-0.2, -0.15) is 0 Å². The maximum Gasteiger partial charge on any atom is 0.306 e. The SMILES string of the molecule is CC1(C)C[C@H]([C@H](CC(=O)O)NC(=O)CCC(=O)OCC(=O)[C@@]2(O)CC[C@@H]3[C@H]4CCC5=CC(=O)CC[C@]5(C)[C@H]4[C@@H](O)C[C@@]32C)CCO1. The number of aliphatic hydroxyl groups is 2. The first-order valence-corrected chi connectivity index (χ1v) is 17.0. The summed E-state index contributed by atoms with van der Waals surface area (Å²) in [6.07, 6.45) is 5.27.